The molecule has 3 aromatic rings. The third-order valence-corrected chi connectivity index (χ3v) is 4.78. The minimum atomic E-state index is 0.0620. The highest BCUT2D eigenvalue weighted by Crippen LogP contribution is 2.34. The zero-order valence-electron chi connectivity index (χ0n) is 18.0. The number of benzene rings is 2. The summed E-state index contributed by atoms with van der Waals surface area (Å²) < 4.78 is 11.6. The molecule has 1 aromatic heterocycles. The number of nitriles is 1. The Kier molecular flexibility index (Phi) is 7.93. The fourth-order valence-electron chi connectivity index (χ4n) is 3.41. The molecule has 1 saturated heterocycles. The second-order valence-electron chi connectivity index (χ2n) is 7.24. The topological polar surface area (TPSA) is 106 Å². The Morgan fingerprint density at radius 3 is 2.65 bits per heavy atom. The molecular formula is C23H27N5O2S. The van der Waals surface area contributed by atoms with E-state index in [0.717, 1.165) is 35.0 Å². The zero-order valence-corrected chi connectivity index (χ0v) is 18.8. The third kappa shape index (κ3) is 5.78. The summed E-state index contributed by atoms with van der Waals surface area (Å²) in [6.45, 7) is 3.34. The van der Waals surface area contributed by atoms with E-state index in [1.54, 1.807) is 23.9 Å². The van der Waals surface area contributed by atoms with E-state index >= 15 is 0 Å². The first-order chi connectivity index (χ1) is 15.0. The molecule has 1 aliphatic heterocycles. The fraction of sp³-hybridized carbons (Fsp3) is 0.348. The highest BCUT2D eigenvalue weighted by molar-refractivity contribution is 7.97. The predicted octanol–water partition coefficient (Wildman–Crippen LogP) is 4.67. The first-order valence-electron chi connectivity index (χ1n) is 10.0. The Morgan fingerprint density at radius 1 is 1.19 bits per heavy atom. The summed E-state index contributed by atoms with van der Waals surface area (Å²) in [5.74, 6) is 1.30. The number of nitrogens with two attached hydrogens (primary N) is 1. The summed E-state index contributed by atoms with van der Waals surface area (Å²) in [5, 5.41) is 13.5. The summed E-state index contributed by atoms with van der Waals surface area (Å²) in [6.07, 6.45) is 7.30. The standard InChI is InChI=1S/C21H21N5O2.C2H6S/c1-13-8-15(23)10-18-20(13)21(25-12-24-18)26-17-3-2-14(11-22)9-19(17)28-16-4-6-27-7-5-16;1-3-2/h2-3,8-10,12,16H,4-7,23H2,1H3,(H,24,25,26);1-2H3. The van der Waals surface area contributed by atoms with Gasteiger partial charge in [-0.2, -0.15) is 17.0 Å². The van der Waals surface area contributed by atoms with Crippen LogP contribution in [0, 0.1) is 18.3 Å². The smallest absolute Gasteiger partial charge is 0.144 e. The maximum Gasteiger partial charge on any atom is 0.144 e. The number of nitrogens with one attached hydrogen (secondary N) is 1. The van der Waals surface area contributed by atoms with E-state index < -0.39 is 0 Å². The van der Waals surface area contributed by atoms with E-state index in [9.17, 15) is 5.26 Å². The van der Waals surface area contributed by atoms with Gasteiger partial charge in [0, 0.05) is 30.0 Å². The van der Waals surface area contributed by atoms with Crippen molar-refractivity contribution in [2.45, 2.75) is 25.9 Å². The Hall–Kier alpha value is -3.02. The van der Waals surface area contributed by atoms with Gasteiger partial charge < -0.3 is 20.5 Å². The van der Waals surface area contributed by atoms with Gasteiger partial charge in [-0.3, -0.25) is 0 Å². The van der Waals surface area contributed by atoms with Crippen LogP contribution in [0.15, 0.2) is 36.7 Å². The number of hydrogen-bond donors (Lipinski definition) is 2. The van der Waals surface area contributed by atoms with Crippen molar-refractivity contribution in [2.24, 2.45) is 0 Å². The summed E-state index contributed by atoms with van der Waals surface area (Å²) in [4.78, 5) is 8.75. The second kappa shape index (κ2) is 10.8. The molecule has 2 aromatic carbocycles. The van der Waals surface area contributed by atoms with Gasteiger partial charge >= 0.3 is 0 Å². The summed E-state index contributed by atoms with van der Waals surface area (Å²) in [7, 11) is 0. The number of fused-ring (bicyclic) bond motifs is 1. The first kappa shape index (κ1) is 22.7. The largest absolute Gasteiger partial charge is 0.488 e. The van der Waals surface area contributed by atoms with Crippen LogP contribution in [0.1, 0.15) is 24.0 Å². The summed E-state index contributed by atoms with van der Waals surface area (Å²) in [6, 6.07) is 11.2. The first-order valence-corrected chi connectivity index (χ1v) is 11.7. The van der Waals surface area contributed by atoms with Crippen molar-refractivity contribution in [3.63, 3.8) is 0 Å². The highest BCUT2D eigenvalue weighted by Gasteiger charge is 2.18. The van der Waals surface area contributed by atoms with E-state index in [0.29, 0.717) is 36.0 Å². The van der Waals surface area contributed by atoms with Crippen LogP contribution in [0.2, 0.25) is 0 Å². The third-order valence-electron chi connectivity index (χ3n) is 4.78. The van der Waals surface area contributed by atoms with Crippen molar-refractivity contribution >= 4 is 39.9 Å². The Bertz CT molecular complexity index is 1080. The lowest BCUT2D eigenvalue weighted by Crippen LogP contribution is -2.26. The van der Waals surface area contributed by atoms with Gasteiger partial charge in [-0.25, -0.2) is 9.97 Å². The quantitative estimate of drug-likeness (QED) is 0.567. The number of rotatable bonds is 4. The molecule has 0 aliphatic carbocycles. The van der Waals surface area contributed by atoms with Crippen LogP contribution >= 0.6 is 11.8 Å². The average Bonchev–Trinajstić information content (AvgIpc) is 2.76. The molecule has 0 radical (unpaired) electrons. The van der Waals surface area contributed by atoms with Gasteiger partial charge in [0.2, 0.25) is 0 Å². The minimum absolute atomic E-state index is 0.0620. The average molecular weight is 438 g/mol. The molecule has 162 valence electrons. The minimum Gasteiger partial charge on any atom is -0.488 e. The van der Waals surface area contributed by atoms with E-state index in [4.69, 9.17) is 15.2 Å². The zero-order chi connectivity index (χ0) is 22.2. The highest BCUT2D eigenvalue weighted by atomic mass is 32.2. The number of ether oxygens (including phenoxy) is 2. The molecule has 3 N–H and O–H groups in total. The van der Waals surface area contributed by atoms with Gasteiger partial charge in [-0.05, 0) is 49.3 Å². The molecule has 0 atom stereocenters. The number of aryl methyl sites for hydroxylation is 1. The number of nitrogens with zero attached hydrogens (tertiary/aromatic N) is 3. The Labute approximate surface area is 187 Å². The fourth-order valence-corrected chi connectivity index (χ4v) is 3.41. The molecule has 0 amide bonds. The van der Waals surface area contributed by atoms with Crippen molar-refractivity contribution < 1.29 is 9.47 Å². The lowest BCUT2D eigenvalue weighted by atomic mass is 10.1. The molecule has 4 rings (SSSR count). The van der Waals surface area contributed by atoms with Gasteiger partial charge in [0.1, 0.15) is 24.0 Å². The van der Waals surface area contributed by atoms with Crippen LogP contribution in [-0.2, 0) is 4.74 Å². The molecule has 2 heterocycles. The lowest BCUT2D eigenvalue weighted by molar-refractivity contribution is 0.0258. The summed E-state index contributed by atoms with van der Waals surface area (Å²) in [5.41, 5.74) is 9.66. The van der Waals surface area contributed by atoms with Crippen molar-refractivity contribution in [1.29, 1.82) is 5.26 Å². The molecule has 1 aliphatic rings. The number of anilines is 3. The van der Waals surface area contributed by atoms with Crippen molar-refractivity contribution in [2.75, 3.05) is 36.8 Å². The Balaban J connectivity index is 0.000000858. The van der Waals surface area contributed by atoms with Crippen molar-refractivity contribution in [1.82, 2.24) is 9.97 Å². The summed E-state index contributed by atoms with van der Waals surface area (Å²) >= 11 is 1.75. The molecular weight excluding hydrogens is 410 g/mol. The van der Waals surface area contributed by atoms with E-state index in [1.807, 2.05) is 37.6 Å². The molecule has 7 nitrogen and oxygen atoms in total. The molecule has 0 saturated carbocycles. The van der Waals surface area contributed by atoms with E-state index in [1.165, 1.54) is 6.33 Å². The monoisotopic (exact) mass is 437 g/mol. The van der Waals surface area contributed by atoms with E-state index in [-0.39, 0.29) is 6.10 Å². The van der Waals surface area contributed by atoms with E-state index in [2.05, 4.69) is 21.4 Å². The molecule has 0 bridgehead atoms. The normalized spacial score (nSPS) is 13.7. The lowest BCUT2D eigenvalue weighted by Gasteiger charge is -2.25. The number of thioether (sulfide) groups is 1. The molecule has 0 spiro atoms. The van der Waals surface area contributed by atoms with Gasteiger partial charge in [-0.1, -0.05) is 0 Å². The number of nitrogen functional groups attached to an aromatic ring is 1. The van der Waals surface area contributed by atoms with Crippen LogP contribution in [0.25, 0.3) is 10.9 Å². The molecule has 31 heavy (non-hydrogen) atoms. The second-order valence-corrected chi connectivity index (χ2v) is 8.06. The van der Waals surface area contributed by atoms with Crippen molar-refractivity contribution in [3.05, 3.63) is 47.8 Å². The van der Waals surface area contributed by atoms with Crippen molar-refractivity contribution in [3.8, 4) is 11.8 Å². The van der Waals surface area contributed by atoms with Gasteiger partial charge in [0.25, 0.3) is 0 Å². The van der Waals surface area contributed by atoms with Crippen LogP contribution in [0.4, 0.5) is 17.2 Å². The predicted molar refractivity (Wildman–Crippen MR) is 127 cm³/mol. The molecule has 8 heteroatoms. The molecule has 1 fully saturated rings. The SMILES string of the molecule is CSC.Cc1cc(N)cc2ncnc(Nc3ccc(C#N)cc3OC3CCOCC3)c12. The van der Waals surface area contributed by atoms with Gasteiger partial charge in [0.05, 0.1) is 36.1 Å². The van der Waals surface area contributed by atoms with Crippen LogP contribution in [0.3, 0.4) is 0 Å². The van der Waals surface area contributed by atoms with Gasteiger partial charge in [-0.15, -0.1) is 0 Å². The maximum absolute atomic E-state index is 9.27. The Morgan fingerprint density at radius 2 is 1.94 bits per heavy atom. The van der Waals surface area contributed by atoms with Crippen LogP contribution in [0.5, 0.6) is 5.75 Å². The van der Waals surface area contributed by atoms with Crippen LogP contribution in [-0.4, -0.2) is 41.8 Å². The maximum atomic E-state index is 9.27. The molecule has 0 unspecified atom stereocenters. The van der Waals surface area contributed by atoms with Crippen LogP contribution < -0.4 is 15.8 Å². The number of aromatic nitrogens is 2. The van der Waals surface area contributed by atoms with Gasteiger partial charge in [0.15, 0.2) is 0 Å². The number of hydrogen-bond acceptors (Lipinski definition) is 8.